The van der Waals surface area contributed by atoms with Crippen LogP contribution in [-0.4, -0.2) is 4.98 Å². The van der Waals surface area contributed by atoms with Crippen molar-refractivity contribution in [3.63, 3.8) is 0 Å². The van der Waals surface area contributed by atoms with Crippen LogP contribution >= 0.6 is 11.6 Å². The van der Waals surface area contributed by atoms with Gasteiger partial charge in [0.1, 0.15) is 5.15 Å². The Morgan fingerprint density at radius 2 is 1.82 bits per heavy atom. The number of aromatic nitrogens is 1. The van der Waals surface area contributed by atoms with Crippen molar-refractivity contribution < 1.29 is 0 Å². The van der Waals surface area contributed by atoms with Crippen molar-refractivity contribution in [1.29, 1.82) is 0 Å². The zero-order valence-electron chi connectivity index (χ0n) is 9.78. The molecule has 0 atom stereocenters. The summed E-state index contributed by atoms with van der Waals surface area (Å²) in [5.41, 5.74) is 3.45. The van der Waals surface area contributed by atoms with E-state index < -0.39 is 0 Å². The lowest BCUT2D eigenvalue weighted by atomic mass is 10.2. The topological polar surface area (TPSA) is 24.9 Å². The Balaban J connectivity index is 1.90. The van der Waals surface area contributed by atoms with Crippen molar-refractivity contribution in [3.8, 4) is 0 Å². The fourth-order valence-electron chi connectivity index (χ4n) is 1.68. The lowest BCUT2D eigenvalue weighted by Gasteiger charge is -2.07. The number of hydrogen-bond acceptors (Lipinski definition) is 2. The van der Waals surface area contributed by atoms with Crippen molar-refractivity contribution >= 4 is 11.6 Å². The van der Waals surface area contributed by atoms with Crippen molar-refractivity contribution in [2.75, 3.05) is 0 Å². The van der Waals surface area contributed by atoms with E-state index >= 15 is 0 Å². The molecule has 0 spiro atoms. The standard InChI is InChI=1S/C14H15ClN2/c1-11-13(7-8-14(15)17-11)10-16-9-12-5-3-2-4-6-12/h2-8,16H,9-10H2,1H3. The molecule has 88 valence electrons. The summed E-state index contributed by atoms with van der Waals surface area (Å²) in [6, 6.07) is 14.2. The molecule has 0 aliphatic carbocycles. The van der Waals surface area contributed by atoms with Crippen molar-refractivity contribution in [2.45, 2.75) is 20.0 Å². The molecule has 0 saturated carbocycles. The molecular weight excluding hydrogens is 232 g/mol. The first-order chi connectivity index (χ1) is 8.25. The molecule has 0 unspecified atom stereocenters. The lowest BCUT2D eigenvalue weighted by Crippen LogP contribution is -2.13. The van der Waals surface area contributed by atoms with E-state index in [1.54, 1.807) is 0 Å². The third-order valence-electron chi connectivity index (χ3n) is 2.65. The molecule has 0 amide bonds. The molecule has 0 aliphatic heterocycles. The third kappa shape index (κ3) is 3.55. The Labute approximate surface area is 107 Å². The van der Waals surface area contributed by atoms with Gasteiger partial charge in [0.05, 0.1) is 0 Å². The maximum atomic E-state index is 5.82. The summed E-state index contributed by atoms with van der Waals surface area (Å²) in [7, 11) is 0. The van der Waals surface area contributed by atoms with Crippen molar-refractivity contribution in [1.82, 2.24) is 10.3 Å². The molecule has 0 radical (unpaired) electrons. The van der Waals surface area contributed by atoms with Gasteiger partial charge in [-0.1, -0.05) is 48.0 Å². The SMILES string of the molecule is Cc1nc(Cl)ccc1CNCc1ccccc1. The van der Waals surface area contributed by atoms with Gasteiger partial charge in [0.25, 0.3) is 0 Å². The number of nitrogens with zero attached hydrogens (tertiary/aromatic N) is 1. The minimum Gasteiger partial charge on any atom is -0.309 e. The van der Waals surface area contributed by atoms with Crippen LogP contribution in [0.3, 0.4) is 0 Å². The molecule has 0 bridgehead atoms. The Hall–Kier alpha value is -1.38. The summed E-state index contributed by atoms with van der Waals surface area (Å²) >= 11 is 5.82. The summed E-state index contributed by atoms with van der Waals surface area (Å²) in [6.07, 6.45) is 0. The minimum absolute atomic E-state index is 0.550. The van der Waals surface area contributed by atoms with E-state index in [1.165, 1.54) is 11.1 Å². The average molecular weight is 247 g/mol. The molecule has 1 heterocycles. The number of pyridine rings is 1. The normalized spacial score (nSPS) is 10.5. The van der Waals surface area contributed by atoms with Gasteiger partial charge >= 0.3 is 0 Å². The van der Waals surface area contributed by atoms with E-state index in [9.17, 15) is 0 Å². The van der Waals surface area contributed by atoms with Gasteiger partial charge in [-0.15, -0.1) is 0 Å². The Kier molecular flexibility index (Phi) is 4.13. The Morgan fingerprint density at radius 1 is 1.06 bits per heavy atom. The quantitative estimate of drug-likeness (QED) is 0.837. The van der Waals surface area contributed by atoms with Crippen molar-refractivity contribution in [2.24, 2.45) is 0 Å². The lowest BCUT2D eigenvalue weighted by molar-refractivity contribution is 0.688. The van der Waals surface area contributed by atoms with Crippen LogP contribution in [0.25, 0.3) is 0 Å². The second kappa shape index (κ2) is 5.80. The molecule has 0 aliphatic rings. The van der Waals surface area contributed by atoms with Crippen LogP contribution in [0.2, 0.25) is 5.15 Å². The first-order valence-electron chi connectivity index (χ1n) is 5.62. The van der Waals surface area contributed by atoms with Gasteiger partial charge in [0, 0.05) is 18.8 Å². The molecule has 0 fully saturated rings. The predicted molar refractivity (Wildman–Crippen MR) is 71.0 cm³/mol. The number of aryl methyl sites for hydroxylation is 1. The first-order valence-corrected chi connectivity index (χ1v) is 6.00. The zero-order chi connectivity index (χ0) is 12.1. The van der Waals surface area contributed by atoms with Gasteiger partial charge in [-0.2, -0.15) is 0 Å². The van der Waals surface area contributed by atoms with Crippen LogP contribution in [0.5, 0.6) is 0 Å². The predicted octanol–water partition coefficient (Wildman–Crippen LogP) is 3.33. The maximum absolute atomic E-state index is 5.82. The zero-order valence-corrected chi connectivity index (χ0v) is 10.5. The second-order valence-corrected chi connectivity index (χ2v) is 4.35. The highest BCUT2D eigenvalue weighted by Crippen LogP contribution is 2.10. The highest BCUT2D eigenvalue weighted by Gasteiger charge is 2.00. The summed E-state index contributed by atoms with van der Waals surface area (Å²) in [6.45, 7) is 3.65. The van der Waals surface area contributed by atoms with Crippen LogP contribution in [0, 0.1) is 6.92 Å². The first kappa shape index (κ1) is 12.1. The molecule has 1 aromatic carbocycles. The summed E-state index contributed by atoms with van der Waals surface area (Å²) < 4.78 is 0. The van der Waals surface area contributed by atoms with Crippen LogP contribution in [-0.2, 0) is 13.1 Å². The largest absolute Gasteiger partial charge is 0.309 e. The highest BCUT2D eigenvalue weighted by atomic mass is 35.5. The van der Waals surface area contributed by atoms with Gasteiger partial charge in [-0.25, -0.2) is 4.98 Å². The summed E-state index contributed by atoms with van der Waals surface area (Å²) in [5.74, 6) is 0. The Bertz CT molecular complexity index is 483. The van der Waals surface area contributed by atoms with Crippen LogP contribution in [0.4, 0.5) is 0 Å². The minimum atomic E-state index is 0.550. The molecule has 2 rings (SSSR count). The van der Waals surface area contributed by atoms with Gasteiger partial charge in [0.2, 0.25) is 0 Å². The van der Waals surface area contributed by atoms with Gasteiger partial charge in [-0.05, 0) is 24.1 Å². The molecule has 1 N–H and O–H groups in total. The highest BCUT2D eigenvalue weighted by molar-refractivity contribution is 6.29. The van der Waals surface area contributed by atoms with E-state index in [-0.39, 0.29) is 0 Å². The maximum Gasteiger partial charge on any atom is 0.129 e. The fraction of sp³-hybridized carbons (Fsp3) is 0.214. The second-order valence-electron chi connectivity index (χ2n) is 3.97. The van der Waals surface area contributed by atoms with Gasteiger partial charge in [-0.3, -0.25) is 0 Å². The number of halogens is 1. The summed E-state index contributed by atoms with van der Waals surface area (Å²) in [4.78, 5) is 4.22. The fourth-order valence-corrected chi connectivity index (χ4v) is 1.87. The van der Waals surface area contributed by atoms with E-state index in [4.69, 9.17) is 11.6 Å². The molecular formula is C14H15ClN2. The van der Waals surface area contributed by atoms with Crippen LogP contribution in [0.1, 0.15) is 16.8 Å². The molecule has 2 nitrogen and oxygen atoms in total. The number of rotatable bonds is 4. The van der Waals surface area contributed by atoms with E-state index in [1.807, 2.05) is 37.3 Å². The molecule has 17 heavy (non-hydrogen) atoms. The number of hydrogen-bond donors (Lipinski definition) is 1. The van der Waals surface area contributed by atoms with E-state index in [0.29, 0.717) is 5.15 Å². The monoisotopic (exact) mass is 246 g/mol. The van der Waals surface area contributed by atoms with Crippen LogP contribution < -0.4 is 5.32 Å². The van der Waals surface area contributed by atoms with Crippen LogP contribution in [0.15, 0.2) is 42.5 Å². The number of nitrogens with one attached hydrogen (secondary N) is 1. The van der Waals surface area contributed by atoms with Gasteiger partial charge in [0.15, 0.2) is 0 Å². The Morgan fingerprint density at radius 3 is 2.53 bits per heavy atom. The third-order valence-corrected chi connectivity index (χ3v) is 2.86. The van der Waals surface area contributed by atoms with E-state index in [2.05, 4.69) is 22.4 Å². The molecule has 1 aromatic heterocycles. The number of benzene rings is 1. The van der Waals surface area contributed by atoms with Crippen molar-refractivity contribution in [3.05, 3.63) is 64.4 Å². The average Bonchev–Trinajstić information content (AvgIpc) is 2.33. The molecule has 0 saturated heterocycles. The van der Waals surface area contributed by atoms with E-state index in [0.717, 1.165) is 18.8 Å². The summed E-state index contributed by atoms with van der Waals surface area (Å²) in [5, 5.41) is 3.95. The smallest absolute Gasteiger partial charge is 0.129 e. The van der Waals surface area contributed by atoms with Gasteiger partial charge < -0.3 is 5.32 Å². The molecule has 3 heteroatoms. The molecule has 2 aromatic rings.